The molecule has 1 N–H and O–H groups in total. The van der Waals surface area contributed by atoms with Crippen molar-refractivity contribution in [3.63, 3.8) is 0 Å². The smallest absolute Gasteiger partial charge is 0.162 e. The molecule has 0 spiro atoms. The second-order valence-corrected chi connectivity index (χ2v) is 6.61. The summed E-state index contributed by atoms with van der Waals surface area (Å²) in [5, 5.41) is 3.10. The van der Waals surface area contributed by atoms with Crippen molar-refractivity contribution in [1.29, 1.82) is 0 Å². The van der Waals surface area contributed by atoms with Gasteiger partial charge < -0.3 is 14.8 Å². The summed E-state index contributed by atoms with van der Waals surface area (Å²) in [5.41, 5.74) is 0.885. The SMILES string of the molecule is CNc1cc(COC)nc(C2(OC)CCC(C)(C)CC2)n1. The van der Waals surface area contributed by atoms with Crippen LogP contribution in [0.25, 0.3) is 0 Å². The average molecular weight is 293 g/mol. The molecular formula is C16H27N3O2. The van der Waals surface area contributed by atoms with E-state index in [1.54, 1.807) is 14.2 Å². The fraction of sp³-hybridized carbons (Fsp3) is 0.750. The highest BCUT2D eigenvalue weighted by Crippen LogP contribution is 2.46. The molecule has 1 aromatic heterocycles. The van der Waals surface area contributed by atoms with Gasteiger partial charge in [0.2, 0.25) is 0 Å². The van der Waals surface area contributed by atoms with Crippen LogP contribution in [0.1, 0.15) is 51.0 Å². The number of ether oxygens (including phenoxy) is 2. The van der Waals surface area contributed by atoms with Gasteiger partial charge in [0.05, 0.1) is 12.3 Å². The molecule has 5 nitrogen and oxygen atoms in total. The normalized spacial score (nSPS) is 20.2. The monoisotopic (exact) mass is 293 g/mol. The molecule has 0 aliphatic heterocycles. The number of methoxy groups -OCH3 is 2. The van der Waals surface area contributed by atoms with E-state index in [0.717, 1.165) is 43.0 Å². The van der Waals surface area contributed by atoms with Crippen molar-refractivity contribution in [3.8, 4) is 0 Å². The summed E-state index contributed by atoms with van der Waals surface area (Å²) in [5.74, 6) is 1.59. The molecule has 1 saturated carbocycles. The van der Waals surface area contributed by atoms with E-state index in [1.807, 2.05) is 13.1 Å². The molecule has 0 aromatic carbocycles. The summed E-state index contributed by atoms with van der Waals surface area (Å²) < 4.78 is 11.1. The molecule has 1 aliphatic carbocycles. The summed E-state index contributed by atoms with van der Waals surface area (Å²) in [4.78, 5) is 9.33. The summed E-state index contributed by atoms with van der Waals surface area (Å²) in [6.45, 7) is 5.11. The first-order valence-electron chi connectivity index (χ1n) is 7.55. The highest BCUT2D eigenvalue weighted by Gasteiger charge is 2.42. The van der Waals surface area contributed by atoms with Gasteiger partial charge in [-0.25, -0.2) is 9.97 Å². The molecule has 1 heterocycles. The van der Waals surface area contributed by atoms with Gasteiger partial charge in [0.25, 0.3) is 0 Å². The summed E-state index contributed by atoms with van der Waals surface area (Å²) in [6.07, 6.45) is 4.15. The van der Waals surface area contributed by atoms with E-state index in [9.17, 15) is 0 Å². The Kier molecular flexibility index (Phi) is 4.84. The van der Waals surface area contributed by atoms with Gasteiger partial charge in [-0.05, 0) is 31.1 Å². The minimum atomic E-state index is -0.370. The Labute approximate surface area is 127 Å². The van der Waals surface area contributed by atoms with E-state index < -0.39 is 0 Å². The van der Waals surface area contributed by atoms with Crippen molar-refractivity contribution in [2.45, 2.75) is 51.7 Å². The van der Waals surface area contributed by atoms with Gasteiger partial charge in [-0.2, -0.15) is 0 Å². The maximum atomic E-state index is 5.90. The number of hydrogen-bond acceptors (Lipinski definition) is 5. The first-order valence-corrected chi connectivity index (χ1v) is 7.55. The van der Waals surface area contributed by atoms with Crippen molar-refractivity contribution >= 4 is 5.82 Å². The van der Waals surface area contributed by atoms with Crippen LogP contribution in [0.5, 0.6) is 0 Å². The van der Waals surface area contributed by atoms with Crippen LogP contribution in [-0.4, -0.2) is 31.2 Å². The van der Waals surface area contributed by atoms with Gasteiger partial charge in [-0.3, -0.25) is 0 Å². The highest BCUT2D eigenvalue weighted by molar-refractivity contribution is 5.36. The molecule has 118 valence electrons. The lowest BCUT2D eigenvalue weighted by atomic mass is 9.70. The fourth-order valence-corrected chi connectivity index (χ4v) is 2.90. The Bertz CT molecular complexity index is 478. The van der Waals surface area contributed by atoms with Gasteiger partial charge in [-0.1, -0.05) is 13.8 Å². The predicted octanol–water partition coefficient (Wildman–Crippen LogP) is 3.11. The van der Waals surface area contributed by atoms with Gasteiger partial charge in [0, 0.05) is 27.3 Å². The Morgan fingerprint density at radius 1 is 1.14 bits per heavy atom. The van der Waals surface area contributed by atoms with Crippen LogP contribution in [0.4, 0.5) is 5.82 Å². The summed E-state index contributed by atoms with van der Waals surface area (Å²) in [6, 6.07) is 1.92. The van der Waals surface area contributed by atoms with Crippen LogP contribution < -0.4 is 5.32 Å². The minimum Gasteiger partial charge on any atom is -0.378 e. The molecule has 0 saturated heterocycles. The zero-order valence-electron chi connectivity index (χ0n) is 13.8. The molecule has 0 unspecified atom stereocenters. The van der Waals surface area contributed by atoms with Crippen LogP contribution in [0, 0.1) is 5.41 Å². The van der Waals surface area contributed by atoms with E-state index in [4.69, 9.17) is 9.47 Å². The maximum Gasteiger partial charge on any atom is 0.162 e. The van der Waals surface area contributed by atoms with E-state index in [0.29, 0.717) is 12.0 Å². The summed E-state index contributed by atoms with van der Waals surface area (Å²) in [7, 11) is 5.31. The molecule has 0 atom stereocenters. The zero-order valence-corrected chi connectivity index (χ0v) is 13.8. The second-order valence-electron chi connectivity index (χ2n) is 6.61. The van der Waals surface area contributed by atoms with Crippen molar-refractivity contribution in [3.05, 3.63) is 17.6 Å². The Hall–Kier alpha value is -1.20. The largest absolute Gasteiger partial charge is 0.378 e. The third kappa shape index (κ3) is 3.52. The van der Waals surface area contributed by atoms with Gasteiger partial charge in [0.1, 0.15) is 11.4 Å². The number of anilines is 1. The van der Waals surface area contributed by atoms with Crippen molar-refractivity contribution in [2.75, 3.05) is 26.6 Å². The first kappa shape index (κ1) is 16.2. The van der Waals surface area contributed by atoms with Crippen LogP contribution in [0.3, 0.4) is 0 Å². The van der Waals surface area contributed by atoms with Crippen molar-refractivity contribution < 1.29 is 9.47 Å². The predicted molar refractivity (Wildman–Crippen MR) is 83.2 cm³/mol. The molecule has 5 heteroatoms. The lowest BCUT2D eigenvalue weighted by molar-refractivity contribution is -0.0730. The molecule has 21 heavy (non-hydrogen) atoms. The number of nitrogens with zero attached hydrogens (tertiary/aromatic N) is 2. The number of aromatic nitrogens is 2. The second kappa shape index (κ2) is 6.28. The lowest BCUT2D eigenvalue weighted by Crippen LogP contribution is -2.38. The zero-order chi connectivity index (χ0) is 15.5. The maximum absolute atomic E-state index is 5.90. The minimum absolute atomic E-state index is 0.370. The van der Waals surface area contributed by atoms with Crippen LogP contribution in [0.2, 0.25) is 0 Å². The standard InChI is InChI=1S/C16H27N3O2/c1-15(2)6-8-16(21-5,9-7-15)14-18-12(11-20-4)10-13(17-3)19-14/h10H,6-9,11H2,1-5H3,(H,17,18,19). The van der Waals surface area contributed by atoms with Crippen molar-refractivity contribution in [1.82, 2.24) is 9.97 Å². The van der Waals surface area contributed by atoms with E-state index in [-0.39, 0.29) is 5.60 Å². The number of nitrogens with one attached hydrogen (secondary N) is 1. The Morgan fingerprint density at radius 3 is 2.33 bits per heavy atom. The van der Waals surface area contributed by atoms with E-state index >= 15 is 0 Å². The molecule has 1 fully saturated rings. The molecule has 0 radical (unpaired) electrons. The van der Waals surface area contributed by atoms with Crippen molar-refractivity contribution in [2.24, 2.45) is 5.41 Å². The van der Waals surface area contributed by atoms with Gasteiger partial charge in [-0.15, -0.1) is 0 Å². The molecule has 0 bridgehead atoms. The van der Waals surface area contributed by atoms with Gasteiger partial charge in [0.15, 0.2) is 5.82 Å². The molecule has 1 aromatic rings. The third-order valence-corrected chi connectivity index (χ3v) is 4.54. The first-order chi connectivity index (χ1) is 9.94. The van der Waals surface area contributed by atoms with Crippen LogP contribution in [0.15, 0.2) is 6.07 Å². The van der Waals surface area contributed by atoms with Gasteiger partial charge >= 0.3 is 0 Å². The molecule has 2 rings (SSSR count). The quantitative estimate of drug-likeness (QED) is 0.904. The van der Waals surface area contributed by atoms with Crippen LogP contribution >= 0.6 is 0 Å². The third-order valence-electron chi connectivity index (χ3n) is 4.54. The highest BCUT2D eigenvalue weighted by atomic mass is 16.5. The van der Waals surface area contributed by atoms with Crippen LogP contribution in [-0.2, 0) is 21.7 Å². The number of rotatable bonds is 5. The molecular weight excluding hydrogens is 266 g/mol. The average Bonchev–Trinajstić information content (AvgIpc) is 2.48. The van der Waals surface area contributed by atoms with E-state index in [2.05, 4.69) is 29.1 Å². The lowest BCUT2D eigenvalue weighted by Gasteiger charge is -2.41. The topological polar surface area (TPSA) is 56.3 Å². The fourth-order valence-electron chi connectivity index (χ4n) is 2.90. The molecule has 1 aliphatic rings. The molecule has 0 amide bonds. The van der Waals surface area contributed by atoms with E-state index in [1.165, 1.54) is 0 Å². The summed E-state index contributed by atoms with van der Waals surface area (Å²) >= 11 is 0. The Morgan fingerprint density at radius 2 is 1.81 bits per heavy atom. The number of hydrogen-bond donors (Lipinski definition) is 1. The Balaban J connectivity index is 2.35.